The predicted molar refractivity (Wildman–Crippen MR) is 144 cm³/mol. The van der Waals surface area contributed by atoms with Crippen molar-refractivity contribution in [2.45, 2.75) is 25.8 Å². The molecule has 3 rings (SSSR count). The Kier molecular flexibility index (Phi) is 12.1. The van der Waals surface area contributed by atoms with Crippen LogP contribution >= 0.6 is 12.4 Å². The van der Waals surface area contributed by atoms with Crippen molar-refractivity contribution < 1.29 is 38.9 Å². The zero-order valence-electron chi connectivity index (χ0n) is 21.7. The number of ether oxygens (including phenoxy) is 1. The summed E-state index contributed by atoms with van der Waals surface area (Å²) >= 11 is 0. The maximum Gasteiger partial charge on any atom is 0.409 e. The molecule has 15 heteroatoms. The zero-order chi connectivity index (χ0) is 28.4. The number of amides is 3. The van der Waals surface area contributed by atoms with Crippen LogP contribution in [0, 0.1) is 0 Å². The molecule has 1 aromatic heterocycles. The molecule has 0 saturated carbocycles. The molecule has 14 nitrogen and oxygen atoms in total. The van der Waals surface area contributed by atoms with Crippen molar-refractivity contribution >= 4 is 48.1 Å². The Morgan fingerprint density at radius 3 is 2.23 bits per heavy atom. The molecule has 2 heterocycles. The van der Waals surface area contributed by atoms with Crippen molar-refractivity contribution in [1.82, 2.24) is 25.1 Å². The average Bonchev–Trinajstić information content (AvgIpc) is 2.94. The molecular weight excluding hydrogens is 548 g/mol. The second-order valence-electron chi connectivity index (χ2n) is 8.55. The van der Waals surface area contributed by atoms with Crippen molar-refractivity contribution in [1.29, 1.82) is 0 Å². The Morgan fingerprint density at radius 1 is 0.975 bits per heavy atom. The van der Waals surface area contributed by atoms with Crippen LogP contribution in [0.25, 0.3) is 11.4 Å². The number of carboxylic acid groups (broad SMARTS) is 2. The van der Waals surface area contributed by atoms with Crippen molar-refractivity contribution in [2.75, 3.05) is 44.6 Å². The summed E-state index contributed by atoms with van der Waals surface area (Å²) in [5.41, 5.74) is 0.431. The molecule has 216 valence electrons. The number of benzene rings is 1. The van der Waals surface area contributed by atoms with Crippen LogP contribution in [0.4, 0.5) is 10.6 Å². The topological polar surface area (TPSA) is 191 Å². The lowest BCUT2D eigenvalue weighted by Gasteiger charge is -2.35. The predicted octanol–water partition coefficient (Wildman–Crippen LogP) is 1.33. The number of nitrogens with one attached hydrogen (secondary N) is 2. The molecule has 4 N–H and O–H groups in total. The molecule has 3 amide bonds. The molecule has 0 aliphatic carbocycles. The number of piperazine rings is 1. The normalized spacial score (nSPS) is 13.4. The van der Waals surface area contributed by atoms with Crippen molar-refractivity contribution in [2.24, 2.45) is 0 Å². The zero-order valence-corrected chi connectivity index (χ0v) is 22.6. The van der Waals surface area contributed by atoms with E-state index >= 15 is 0 Å². The van der Waals surface area contributed by atoms with Gasteiger partial charge in [0, 0.05) is 44.2 Å². The monoisotopic (exact) mass is 578 g/mol. The highest BCUT2D eigenvalue weighted by Gasteiger charge is 2.31. The molecule has 0 bridgehead atoms. The van der Waals surface area contributed by atoms with E-state index in [-0.39, 0.29) is 75.4 Å². The van der Waals surface area contributed by atoms with E-state index in [2.05, 4.69) is 20.6 Å². The number of nitrogens with zero attached hydrogens (tertiary/aromatic N) is 4. The van der Waals surface area contributed by atoms with E-state index in [0.717, 1.165) is 0 Å². The summed E-state index contributed by atoms with van der Waals surface area (Å²) in [5.74, 6) is -3.29. The largest absolute Gasteiger partial charge is 0.481 e. The standard InChI is InChI=1S/C25H30N6O8.ClH/c1-2-39-25(38)31-12-10-30(11-13-31)24(37)17(8-9-20(32)33)28-23(36)18-14-19(26-15-21(34)35)29-22(27-18)16-6-4-3-5-7-16;/h3-7,14,17H,2,8-13,15H2,1H3,(H,28,36)(H,32,33)(H,34,35)(H,26,27,29);1H/t17-;/m0./s1. The van der Waals surface area contributed by atoms with Gasteiger partial charge >= 0.3 is 18.0 Å². The lowest BCUT2D eigenvalue weighted by Crippen LogP contribution is -2.56. The number of aromatic nitrogens is 2. The molecular formula is C25H31ClN6O8. The first-order valence-electron chi connectivity index (χ1n) is 12.3. The summed E-state index contributed by atoms with van der Waals surface area (Å²) in [5, 5.41) is 23.4. The number of carbonyl (C=O) groups is 5. The molecule has 1 aliphatic heterocycles. The highest BCUT2D eigenvalue weighted by atomic mass is 35.5. The van der Waals surface area contributed by atoms with E-state index < -0.39 is 42.4 Å². The highest BCUT2D eigenvalue weighted by Crippen LogP contribution is 2.18. The summed E-state index contributed by atoms with van der Waals surface area (Å²) < 4.78 is 4.98. The summed E-state index contributed by atoms with van der Waals surface area (Å²) in [6.45, 7) is 2.30. The first-order chi connectivity index (χ1) is 18.7. The minimum atomic E-state index is -1.17. The number of carboxylic acids is 2. The second kappa shape index (κ2) is 15.2. The quantitative estimate of drug-likeness (QED) is 0.300. The van der Waals surface area contributed by atoms with Gasteiger partial charge in [0.2, 0.25) is 5.91 Å². The Labute approximate surface area is 236 Å². The van der Waals surface area contributed by atoms with Gasteiger partial charge in [-0.05, 0) is 13.3 Å². The van der Waals surface area contributed by atoms with Crippen LogP contribution < -0.4 is 10.6 Å². The number of halogens is 1. The fraction of sp³-hybridized carbons (Fsp3) is 0.400. The smallest absolute Gasteiger partial charge is 0.409 e. The van der Waals surface area contributed by atoms with Gasteiger partial charge in [-0.3, -0.25) is 19.2 Å². The van der Waals surface area contributed by atoms with Crippen LogP contribution in [-0.4, -0.2) is 105 Å². The Bertz CT molecular complexity index is 1210. The number of carbonyl (C=O) groups excluding carboxylic acids is 3. The van der Waals surface area contributed by atoms with Gasteiger partial charge in [-0.1, -0.05) is 30.3 Å². The fourth-order valence-electron chi connectivity index (χ4n) is 3.84. The van der Waals surface area contributed by atoms with E-state index in [1.165, 1.54) is 15.9 Å². The number of hydrogen-bond acceptors (Lipinski definition) is 9. The highest BCUT2D eigenvalue weighted by molar-refractivity contribution is 5.97. The lowest BCUT2D eigenvalue weighted by atomic mass is 10.1. The minimum absolute atomic E-state index is 0. The van der Waals surface area contributed by atoms with Gasteiger partial charge in [-0.25, -0.2) is 14.8 Å². The summed E-state index contributed by atoms with van der Waals surface area (Å²) in [4.78, 5) is 72.2. The average molecular weight is 579 g/mol. The molecule has 0 spiro atoms. The molecule has 0 unspecified atom stereocenters. The van der Waals surface area contributed by atoms with Crippen molar-refractivity contribution in [3.05, 3.63) is 42.1 Å². The maximum atomic E-state index is 13.3. The van der Waals surface area contributed by atoms with E-state index in [4.69, 9.17) is 9.84 Å². The molecule has 1 fully saturated rings. The third-order valence-electron chi connectivity index (χ3n) is 5.78. The van der Waals surface area contributed by atoms with Crippen molar-refractivity contribution in [3.8, 4) is 11.4 Å². The number of aliphatic carboxylic acids is 2. The maximum absolute atomic E-state index is 13.3. The molecule has 0 radical (unpaired) electrons. The third-order valence-corrected chi connectivity index (χ3v) is 5.78. The van der Waals surface area contributed by atoms with Gasteiger partial charge in [0.15, 0.2) is 5.82 Å². The van der Waals surface area contributed by atoms with E-state index in [0.29, 0.717) is 5.56 Å². The summed E-state index contributed by atoms with van der Waals surface area (Å²) in [6, 6.07) is 8.79. The third kappa shape index (κ3) is 9.08. The minimum Gasteiger partial charge on any atom is -0.481 e. The number of rotatable bonds is 11. The van der Waals surface area contributed by atoms with Crippen molar-refractivity contribution in [3.63, 3.8) is 0 Å². The fourth-order valence-corrected chi connectivity index (χ4v) is 3.84. The molecule has 2 aromatic rings. The van der Waals surface area contributed by atoms with Crippen LogP contribution in [0.2, 0.25) is 0 Å². The first-order valence-corrected chi connectivity index (χ1v) is 12.3. The number of hydrogen-bond donors (Lipinski definition) is 4. The summed E-state index contributed by atoms with van der Waals surface area (Å²) in [6.07, 6.45) is -1.02. The Balaban J connectivity index is 0.00000560. The van der Waals surface area contributed by atoms with E-state index in [1.807, 2.05) is 0 Å². The van der Waals surface area contributed by atoms with Crippen LogP contribution in [0.15, 0.2) is 36.4 Å². The van der Waals surface area contributed by atoms with Crippen LogP contribution in [0.1, 0.15) is 30.3 Å². The van der Waals surface area contributed by atoms with Gasteiger partial charge in [0.05, 0.1) is 6.61 Å². The molecule has 1 aliphatic rings. The van der Waals surface area contributed by atoms with Gasteiger partial charge in [-0.15, -0.1) is 12.4 Å². The lowest BCUT2D eigenvalue weighted by molar-refractivity contribution is -0.138. The first kappa shape index (κ1) is 31.8. The number of anilines is 1. The molecule has 1 atom stereocenters. The van der Waals surface area contributed by atoms with E-state index in [1.54, 1.807) is 37.3 Å². The SMILES string of the molecule is CCOC(=O)N1CCN(C(=O)[C@H](CCC(=O)O)NC(=O)c2cc(NCC(=O)O)nc(-c3ccccc3)n2)CC1.Cl. The van der Waals surface area contributed by atoms with E-state index in [9.17, 15) is 29.1 Å². The van der Waals surface area contributed by atoms with Gasteiger partial charge < -0.3 is 35.4 Å². The molecule has 40 heavy (non-hydrogen) atoms. The van der Waals surface area contributed by atoms with Gasteiger partial charge in [0.25, 0.3) is 5.91 Å². The van der Waals surface area contributed by atoms with Crippen LogP contribution in [0.3, 0.4) is 0 Å². The van der Waals surface area contributed by atoms with Crippen LogP contribution in [0.5, 0.6) is 0 Å². The molecule has 1 saturated heterocycles. The summed E-state index contributed by atoms with van der Waals surface area (Å²) in [7, 11) is 0. The Morgan fingerprint density at radius 2 is 1.62 bits per heavy atom. The van der Waals surface area contributed by atoms with Gasteiger partial charge in [0.1, 0.15) is 24.1 Å². The van der Waals surface area contributed by atoms with Gasteiger partial charge in [-0.2, -0.15) is 0 Å². The van der Waals surface area contributed by atoms with Crippen LogP contribution in [-0.2, 0) is 19.1 Å². The Hall–Kier alpha value is -4.46. The molecule has 1 aromatic carbocycles. The second-order valence-corrected chi connectivity index (χ2v) is 8.55.